The molecule has 150 valence electrons. The molecule has 0 spiro atoms. The van der Waals surface area contributed by atoms with Crippen LogP contribution in [0.4, 0.5) is 4.79 Å². The number of pyridine rings is 1. The van der Waals surface area contributed by atoms with Crippen LogP contribution in [0.3, 0.4) is 0 Å². The minimum absolute atomic E-state index is 0. The third-order valence-corrected chi connectivity index (χ3v) is 5.19. The SMILES string of the molecule is CC(C)(C)OC(=O)N1Cc2ccc(S(=O)(=O)[O-])nc2CC1Cc1ccccc1.[Na+]. The van der Waals surface area contributed by atoms with Gasteiger partial charge in [0, 0.05) is 18.2 Å². The van der Waals surface area contributed by atoms with Crippen LogP contribution in [0.1, 0.15) is 37.6 Å². The Morgan fingerprint density at radius 2 is 1.86 bits per heavy atom. The van der Waals surface area contributed by atoms with Crippen molar-refractivity contribution in [3.63, 3.8) is 0 Å². The number of carbonyl (C=O) groups excluding carboxylic acids is 1. The predicted octanol–water partition coefficient (Wildman–Crippen LogP) is -0.106. The van der Waals surface area contributed by atoms with Crippen molar-refractivity contribution < 1.29 is 52.1 Å². The van der Waals surface area contributed by atoms with Gasteiger partial charge in [0.25, 0.3) is 0 Å². The molecule has 7 nitrogen and oxygen atoms in total. The van der Waals surface area contributed by atoms with Gasteiger partial charge < -0.3 is 14.2 Å². The topological polar surface area (TPSA) is 99.6 Å². The van der Waals surface area contributed by atoms with E-state index < -0.39 is 26.8 Å². The summed E-state index contributed by atoms with van der Waals surface area (Å²) < 4.78 is 39.5. The molecule has 9 heteroatoms. The first-order chi connectivity index (χ1) is 13.0. The number of hydrogen-bond donors (Lipinski definition) is 0. The molecule has 1 amide bonds. The molecule has 29 heavy (non-hydrogen) atoms. The van der Waals surface area contributed by atoms with Gasteiger partial charge in [0.15, 0.2) is 0 Å². The molecule has 0 aliphatic carbocycles. The van der Waals surface area contributed by atoms with Gasteiger partial charge in [-0.1, -0.05) is 36.4 Å². The number of rotatable bonds is 3. The zero-order valence-electron chi connectivity index (χ0n) is 17.1. The van der Waals surface area contributed by atoms with Crippen molar-refractivity contribution in [2.45, 2.75) is 56.8 Å². The van der Waals surface area contributed by atoms with Crippen molar-refractivity contribution in [2.24, 2.45) is 0 Å². The van der Waals surface area contributed by atoms with E-state index in [-0.39, 0.29) is 42.1 Å². The van der Waals surface area contributed by atoms with Crippen LogP contribution in [0.2, 0.25) is 0 Å². The van der Waals surface area contributed by atoms with Crippen molar-refractivity contribution >= 4 is 16.2 Å². The zero-order chi connectivity index (χ0) is 20.5. The van der Waals surface area contributed by atoms with Gasteiger partial charge in [0.05, 0.1) is 6.54 Å². The van der Waals surface area contributed by atoms with E-state index in [1.807, 2.05) is 51.1 Å². The summed E-state index contributed by atoms with van der Waals surface area (Å²) in [5, 5.41) is -0.490. The number of hydrogen-bond acceptors (Lipinski definition) is 6. The van der Waals surface area contributed by atoms with Crippen molar-refractivity contribution in [2.75, 3.05) is 0 Å². The van der Waals surface area contributed by atoms with Gasteiger partial charge in [-0.2, -0.15) is 0 Å². The molecule has 2 heterocycles. The number of ether oxygens (including phenoxy) is 1. The van der Waals surface area contributed by atoms with Gasteiger partial charge in [0.1, 0.15) is 20.7 Å². The molecule has 0 saturated carbocycles. The summed E-state index contributed by atoms with van der Waals surface area (Å²) in [6.07, 6.45) is 0.474. The van der Waals surface area contributed by atoms with Crippen LogP contribution in [-0.4, -0.2) is 40.6 Å². The fourth-order valence-corrected chi connectivity index (χ4v) is 3.68. The number of fused-ring (bicyclic) bond motifs is 1. The van der Waals surface area contributed by atoms with Gasteiger partial charge in [-0.15, -0.1) is 0 Å². The number of carbonyl (C=O) groups is 1. The van der Waals surface area contributed by atoms with Crippen molar-refractivity contribution in [3.8, 4) is 0 Å². The average molecular weight is 426 g/mol. The van der Waals surface area contributed by atoms with E-state index >= 15 is 0 Å². The number of benzene rings is 1. The van der Waals surface area contributed by atoms with Crippen LogP contribution in [0.15, 0.2) is 47.5 Å². The summed E-state index contributed by atoms with van der Waals surface area (Å²) in [4.78, 5) is 18.5. The molecule has 0 radical (unpaired) electrons. The van der Waals surface area contributed by atoms with Crippen LogP contribution in [0.5, 0.6) is 0 Å². The Bertz CT molecular complexity index is 974. The van der Waals surface area contributed by atoms with E-state index in [9.17, 15) is 17.8 Å². The van der Waals surface area contributed by atoms with E-state index in [0.717, 1.165) is 5.56 Å². The number of nitrogens with zero attached hydrogens (tertiary/aromatic N) is 2. The van der Waals surface area contributed by atoms with Gasteiger partial charge >= 0.3 is 35.7 Å². The monoisotopic (exact) mass is 426 g/mol. The molecule has 1 aromatic carbocycles. The number of aromatic nitrogens is 1. The van der Waals surface area contributed by atoms with Gasteiger partial charge in [0.2, 0.25) is 0 Å². The molecule has 0 bridgehead atoms. The molecule has 3 rings (SSSR count). The summed E-state index contributed by atoms with van der Waals surface area (Å²) in [6, 6.07) is 12.2. The van der Waals surface area contributed by atoms with Gasteiger partial charge in [-0.3, -0.25) is 0 Å². The second-order valence-corrected chi connectivity index (χ2v) is 9.19. The fourth-order valence-electron chi connectivity index (χ4n) is 3.22. The van der Waals surface area contributed by atoms with Crippen LogP contribution < -0.4 is 29.6 Å². The maximum absolute atomic E-state index is 12.8. The maximum Gasteiger partial charge on any atom is 1.00 e. The molecular weight excluding hydrogens is 403 g/mol. The first-order valence-electron chi connectivity index (χ1n) is 9.01. The smallest absolute Gasteiger partial charge is 0.743 e. The second-order valence-electron chi connectivity index (χ2n) is 7.87. The van der Waals surface area contributed by atoms with Gasteiger partial charge in [-0.05, 0) is 44.4 Å². The fraction of sp³-hybridized carbons (Fsp3) is 0.400. The Hall–Kier alpha value is -1.45. The summed E-state index contributed by atoms with van der Waals surface area (Å²) >= 11 is 0. The van der Waals surface area contributed by atoms with E-state index in [4.69, 9.17) is 4.74 Å². The van der Waals surface area contributed by atoms with Crippen LogP contribution in [0.25, 0.3) is 0 Å². The Morgan fingerprint density at radius 3 is 2.45 bits per heavy atom. The Balaban J connectivity index is 0.00000300. The Morgan fingerprint density at radius 1 is 1.21 bits per heavy atom. The molecular formula is C20H23N2NaO5S. The van der Waals surface area contributed by atoms with E-state index in [2.05, 4.69) is 4.98 Å². The summed E-state index contributed by atoms with van der Waals surface area (Å²) in [6.45, 7) is 5.67. The molecule has 1 atom stereocenters. The molecule has 1 aliphatic rings. The van der Waals surface area contributed by atoms with Crippen molar-refractivity contribution in [3.05, 3.63) is 59.3 Å². The molecule has 2 aromatic rings. The molecule has 0 saturated heterocycles. The zero-order valence-corrected chi connectivity index (χ0v) is 19.9. The van der Waals surface area contributed by atoms with Crippen molar-refractivity contribution in [1.29, 1.82) is 0 Å². The first-order valence-corrected chi connectivity index (χ1v) is 10.4. The Kier molecular flexibility index (Phi) is 7.51. The molecule has 1 aromatic heterocycles. The maximum atomic E-state index is 12.8. The summed E-state index contributed by atoms with van der Waals surface area (Å²) in [5.41, 5.74) is 1.64. The third-order valence-electron chi connectivity index (χ3n) is 4.45. The molecule has 0 fully saturated rings. The summed E-state index contributed by atoms with van der Waals surface area (Å²) in [5.74, 6) is 0. The van der Waals surface area contributed by atoms with E-state index in [1.165, 1.54) is 6.07 Å². The quantitative estimate of drug-likeness (QED) is 0.502. The Labute approximate surface area is 193 Å². The van der Waals surface area contributed by atoms with E-state index in [0.29, 0.717) is 24.1 Å². The molecule has 1 aliphatic heterocycles. The van der Waals surface area contributed by atoms with Crippen LogP contribution in [-0.2, 0) is 34.2 Å². The van der Waals surface area contributed by atoms with Gasteiger partial charge in [-0.25, -0.2) is 18.2 Å². The number of amides is 1. The van der Waals surface area contributed by atoms with Crippen LogP contribution in [0, 0.1) is 0 Å². The predicted molar refractivity (Wildman–Crippen MR) is 102 cm³/mol. The minimum Gasteiger partial charge on any atom is -0.743 e. The minimum atomic E-state index is -4.63. The second kappa shape index (κ2) is 9.14. The third kappa shape index (κ3) is 6.26. The average Bonchev–Trinajstić information content (AvgIpc) is 2.59. The normalized spacial score (nSPS) is 16.6. The van der Waals surface area contributed by atoms with Crippen molar-refractivity contribution in [1.82, 2.24) is 9.88 Å². The van der Waals surface area contributed by atoms with Crippen LogP contribution >= 0.6 is 0 Å². The largest absolute Gasteiger partial charge is 1.00 e. The standard InChI is InChI=1S/C20H24N2O5S.Na/c1-20(2,3)27-19(23)22-13-15-9-10-18(28(24,25)26)21-17(15)12-16(22)11-14-7-5-4-6-8-14;/h4-10,16H,11-13H2,1-3H3,(H,24,25,26);/q;+1/p-1. The molecule has 0 N–H and O–H groups in total. The first kappa shape index (κ1) is 23.8. The molecule has 1 unspecified atom stereocenters. The summed E-state index contributed by atoms with van der Waals surface area (Å²) in [7, 11) is -4.63. The van der Waals surface area contributed by atoms with E-state index in [1.54, 1.807) is 11.0 Å².